The predicted molar refractivity (Wildman–Crippen MR) is 80.2 cm³/mol. The molecular weight excluding hydrogens is 236 g/mol. The van der Waals surface area contributed by atoms with E-state index in [2.05, 4.69) is 39.5 Å². The number of nitrogens with two attached hydrogens (primary N) is 1. The van der Waals surface area contributed by atoms with Gasteiger partial charge in [0.25, 0.3) is 0 Å². The first-order valence-electron chi connectivity index (χ1n) is 7.87. The van der Waals surface area contributed by atoms with Gasteiger partial charge in [-0.3, -0.25) is 4.90 Å². The lowest BCUT2D eigenvalue weighted by Gasteiger charge is -2.52. The van der Waals surface area contributed by atoms with Gasteiger partial charge in [0.2, 0.25) is 0 Å². The van der Waals surface area contributed by atoms with Crippen LogP contribution in [0.2, 0.25) is 0 Å². The van der Waals surface area contributed by atoms with Crippen molar-refractivity contribution in [1.82, 2.24) is 4.90 Å². The second kappa shape index (κ2) is 5.34. The molecule has 1 aliphatic heterocycles. The van der Waals surface area contributed by atoms with Crippen LogP contribution in [0.3, 0.4) is 0 Å². The predicted octanol–water partition coefficient (Wildman–Crippen LogP) is 2.64. The second-order valence-corrected chi connectivity index (χ2v) is 8.01. The molecule has 1 saturated carbocycles. The molecule has 3 nitrogen and oxygen atoms in total. The van der Waals surface area contributed by atoms with E-state index in [0.717, 1.165) is 25.6 Å². The van der Waals surface area contributed by atoms with Crippen molar-refractivity contribution in [2.45, 2.75) is 71.1 Å². The maximum Gasteiger partial charge on any atom is 0.0760 e. The lowest BCUT2D eigenvalue weighted by atomic mass is 9.77. The molecule has 1 heterocycles. The quantitative estimate of drug-likeness (QED) is 0.837. The Balaban J connectivity index is 2.14. The van der Waals surface area contributed by atoms with E-state index < -0.39 is 0 Å². The Morgan fingerprint density at radius 2 is 1.68 bits per heavy atom. The SMILES string of the molecule is CC1CCC(CN)C(N2CC(C)(C)OC(C)(C)C2)C1. The van der Waals surface area contributed by atoms with Crippen LogP contribution in [0.25, 0.3) is 0 Å². The Kier molecular flexibility index (Phi) is 4.29. The van der Waals surface area contributed by atoms with Crippen LogP contribution >= 0.6 is 0 Å². The lowest BCUT2D eigenvalue weighted by Crippen LogP contribution is -2.62. The summed E-state index contributed by atoms with van der Waals surface area (Å²) in [4.78, 5) is 2.66. The van der Waals surface area contributed by atoms with E-state index >= 15 is 0 Å². The summed E-state index contributed by atoms with van der Waals surface area (Å²) in [6.45, 7) is 14.1. The first-order valence-corrected chi connectivity index (χ1v) is 7.87. The second-order valence-electron chi connectivity index (χ2n) is 8.01. The standard InChI is InChI=1S/C16H32N2O/c1-12-6-7-13(9-17)14(8-12)18-10-15(2,3)19-16(4,5)11-18/h12-14H,6-11,17H2,1-5H3. The van der Waals surface area contributed by atoms with E-state index in [1.54, 1.807) is 0 Å². The molecule has 2 rings (SSSR count). The van der Waals surface area contributed by atoms with Crippen molar-refractivity contribution in [3.05, 3.63) is 0 Å². The summed E-state index contributed by atoms with van der Waals surface area (Å²) >= 11 is 0. The number of hydrogen-bond donors (Lipinski definition) is 1. The highest BCUT2D eigenvalue weighted by Crippen LogP contribution is 2.36. The first kappa shape index (κ1) is 15.3. The molecule has 0 bridgehead atoms. The average Bonchev–Trinajstić information content (AvgIpc) is 2.24. The van der Waals surface area contributed by atoms with Gasteiger partial charge in [0.1, 0.15) is 0 Å². The van der Waals surface area contributed by atoms with Crippen molar-refractivity contribution in [2.24, 2.45) is 17.6 Å². The van der Waals surface area contributed by atoms with Gasteiger partial charge in [-0.05, 0) is 58.9 Å². The van der Waals surface area contributed by atoms with Gasteiger partial charge in [0.15, 0.2) is 0 Å². The zero-order valence-corrected chi connectivity index (χ0v) is 13.4. The average molecular weight is 268 g/mol. The van der Waals surface area contributed by atoms with Crippen LogP contribution in [0, 0.1) is 11.8 Å². The summed E-state index contributed by atoms with van der Waals surface area (Å²) in [6.07, 6.45) is 3.93. The number of rotatable bonds is 2. The molecule has 0 aromatic heterocycles. The van der Waals surface area contributed by atoms with Gasteiger partial charge in [0, 0.05) is 19.1 Å². The van der Waals surface area contributed by atoms with Crippen LogP contribution in [0.4, 0.5) is 0 Å². The third-order valence-corrected chi connectivity index (χ3v) is 4.71. The molecule has 112 valence electrons. The molecule has 1 aliphatic carbocycles. The van der Waals surface area contributed by atoms with Crippen LogP contribution < -0.4 is 5.73 Å². The minimum Gasteiger partial charge on any atom is -0.367 e. The topological polar surface area (TPSA) is 38.5 Å². The fraction of sp³-hybridized carbons (Fsp3) is 1.00. The van der Waals surface area contributed by atoms with Gasteiger partial charge in [-0.15, -0.1) is 0 Å². The maximum absolute atomic E-state index is 6.20. The van der Waals surface area contributed by atoms with Crippen LogP contribution in [-0.2, 0) is 4.74 Å². The van der Waals surface area contributed by atoms with Gasteiger partial charge >= 0.3 is 0 Å². The molecule has 3 unspecified atom stereocenters. The minimum atomic E-state index is -0.0540. The van der Waals surface area contributed by atoms with Crippen molar-refractivity contribution in [3.63, 3.8) is 0 Å². The third-order valence-electron chi connectivity index (χ3n) is 4.71. The molecule has 3 atom stereocenters. The molecule has 0 aromatic rings. The highest BCUT2D eigenvalue weighted by Gasteiger charge is 2.43. The van der Waals surface area contributed by atoms with Crippen molar-refractivity contribution in [3.8, 4) is 0 Å². The Morgan fingerprint density at radius 3 is 2.21 bits per heavy atom. The molecule has 2 fully saturated rings. The molecule has 19 heavy (non-hydrogen) atoms. The van der Waals surface area contributed by atoms with Crippen molar-refractivity contribution in [1.29, 1.82) is 0 Å². The Hall–Kier alpha value is -0.120. The van der Waals surface area contributed by atoms with Gasteiger partial charge in [-0.2, -0.15) is 0 Å². The van der Waals surface area contributed by atoms with Crippen LogP contribution in [0.5, 0.6) is 0 Å². The van der Waals surface area contributed by atoms with Crippen molar-refractivity contribution < 1.29 is 4.74 Å². The Morgan fingerprint density at radius 1 is 1.11 bits per heavy atom. The first-order chi connectivity index (χ1) is 8.72. The van der Waals surface area contributed by atoms with Gasteiger partial charge in [-0.25, -0.2) is 0 Å². The largest absolute Gasteiger partial charge is 0.367 e. The summed E-state index contributed by atoms with van der Waals surface area (Å²) < 4.78 is 6.20. The molecular formula is C16H32N2O. The summed E-state index contributed by atoms with van der Waals surface area (Å²) in [7, 11) is 0. The molecule has 0 spiro atoms. The van der Waals surface area contributed by atoms with Crippen LogP contribution in [0.15, 0.2) is 0 Å². The normalized spacial score (nSPS) is 39.2. The molecule has 1 saturated heterocycles. The molecule has 3 heteroatoms. The van der Waals surface area contributed by atoms with Gasteiger partial charge < -0.3 is 10.5 Å². The van der Waals surface area contributed by atoms with Gasteiger partial charge in [-0.1, -0.05) is 13.3 Å². The molecule has 0 radical (unpaired) electrons. The van der Waals surface area contributed by atoms with E-state index in [0.29, 0.717) is 12.0 Å². The van der Waals surface area contributed by atoms with E-state index in [4.69, 9.17) is 10.5 Å². The molecule has 2 aliphatic rings. The molecule has 0 amide bonds. The maximum atomic E-state index is 6.20. The van der Waals surface area contributed by atoms with Crippen LogP contribution in [0.1, 0.15) is 53.9 Å². The summed E-state index contributed by atoms with van der Waals surface area (Å²) in [5, 5.41) is 0. The lowest BCUT2D eigenvalue weighted by molar-refractivity contribution is -0.193. The summed E-state index contributed by atoms with van der Waals surface area (Å²) in [5.41, 5.74) is 5.92. The number of nitrogens with zero attached hydrogens (tertiary/aromatic N) is 1. The van der Waals surface area contributed by atoms with Crippen molar-refractivity contribution in [2.75, 3.05) is 19.6 Å². The van der Waals surface area contributed by atoms with E-state index in [1.165, 1.54) is 19.3 Å². The third kappa shape index (κ3) is 3.71. The minimum absolute atomic E-state index is 0.0540. The van der Waals surface area contributed by atoms with E-state index in [9.17, 15) is 0 Å². The molecule has 2 N–H and O–H groups in total. The molecule has 0 aromatic carbocycles. The highest BCUT2D eigenvalue weighted by atomic mass is 16.5. The number of morpholine rings is 1. The monoisotopic (exact) mass is 268 g/mol. The zero-order chi connectivity index (χ0) is 14.3. The van der Waals surface area contributed by atoms with E-state index in [-0.39, 0.29) is 11.2 Å². The summed E-state index contributed by atoms with van der Waals surface area (Å²) in [5.74, 6) is 1.50. The Bertz CT molecular complexity index is 298. The smallest absolute Gasteiger partial charge is 0.0760 e. The van der Waals surface area contributed by atoms with E-state index in [1.807, 2.05) is 0 Å². The zero-order valence-electron chi connectivity index (χ0n) is 13.4. The van der Waals surface area contributed by atoms with Crippen LogP contribution in [-0.4, -0.2) is 41.8 Å². The van der Waals surface area contributed by atoms with Gasteiger partial charge in [0.05, 0.1) is 11.2 Å². The fourth-order valence-corrected chi connectivity index (χ4v) is 4.22. The Labute approximate surface area is 118 Å². The number of hydrogen-bond acceptors (Lipinski definition) is 3. The highest BCUT2D eigenvalue weighted by molar-refractivity contribution is 4.95. The summed E-state index contributed by atoms with van der Waals surface area (Å²) in [6, 6.07) is 0.649. The number of ether oxygens (including phenoxy) is 1. The fourth-order valence-electron chi connectivity index (χ4n) is 4.22. The van der Waals surface area contributed by atoms with Crippen molar-refractivity contribution >= 4 is 0 Å².